The van der Waals surface area contributed by atoms with E-state index in [-0.39, 0.29) is 0 Å². The van der Waals surface area contributed by atoms with Gasteiger partial charge in [0, 0.05) is 18.0 Å². The van der Waals surface area contributed by atoms with Crippen LogP contribution >= 0.6 is 11.8 Å². The van der Waals surface area contributed by atoms with Gasteiger partial charge in [0.1, 0.15) is 11.0 Å². The normalized spacial score (nSPS) is 19.2. The van der Waals surface area contributed by atoms with E-state index in [1.807, 2.05) is 0 Å². The lowest BCUT2D eigenvalue weighted by molar-refractivity contribution is 0.556. The van der Waals surface area contributed by atoms with E-state index in [4.69, 9.17) is 5.26 Å². The number of rotatable bonds is 3. The lowest BCUT2D eigenvalue weighted by atomic mass is 10.0. The van der Waals surface area contributed by atoms with Gasteiger partial charge in [-0.2, -0.15) is 5.26 Å². The highest BCUT2D eigenvalue weighted by molar-refractivity contribution is 8.03. The molecule has 0 saturated heterocycles. The van der Waals surface area contributed by atoms with Gasteiger partial charge in [-0.05, 0) is 12.3 Å². The Kier molecular flexibility index (Phi) is 4.17. The Morgan fingerprint density at radius 1 is 1.69 bits per heavy atom. The Balaban J connectivity index is 2.73. The van der Waals surface area contributed by atoms with E-state index in [1.54, 1.807) is 11.8 Å². The van der Waals surface area contributed by atoms with Crippen LogP contribution in [0.3, 0.4) is 0 Å². The fourth-order valence-corrected chi connectivity index (χ4v) is 2.47. The quantitative estimate of drug-likeness (QED) is 0.753. The van der Waals surface area contributed by atoms with Crippen molar-refractivity contribution >= 4 is 11.8 Å². The summed E-state index contributed by atoms with van der Waals surface area (Å²) in [6.07, 6.45) is 2.34. The monoisotopic (exact) mass is 196 g/mol. The van der Waals surface area contributed by atoms with Crippen molar-refractivity contribution in [3.8, 4) is 6.07 Å². The molecule has 0 aromatic carbocycles. The first kappa shape index (κ1) is 10.5. The van der Waals surface area contributed by atoms with Gasteiger partial charge in [0.05, 0.1) is 0 Å². The molecule has 1 heterocycles. The van der Waals surface area contributed by atoms with Crippen molar-refractivity contribution in [2.75, 3.05) is 12.3 Å². The highest BCUT2D eigenvalue weighted by Gasteiger charge is 2.17. The molecule has 13 heavy (non-hydrogen) atoms. The largest absolute Gasteiger partial charge is 0.386 e. The third-order valence-corrected chi connectivity index (χ3v) is 3.23. The van der Waals surface area contributed by atoms with Gasteiger partial charge in [0.15, 0.2) is 0 Å². The topological polar surface area (TPSA) is 35.8 Å². The fourth-order valence-electron chi connectivity index (χ4n) is 1.56. The van der Waals surface area contributed by atoms with Gasteiger partial charge in [-0.25, -0.2) is 0 Å². The molecular weight excluding hydrogens is 180 g/mol. The SMILES string of the molecule is CCCC(C)C1=C(C#N)SCCN1. The number of nitriles is 1. The average Bonchev–Trinajstić information content (AvgIpc) is 2.18. The van der Waals surface area contributed by atoms with Crippen LogP contribution < -0.4 is 5.32 Å². The second-order valence-electron chi connectivity index (χ2n) is 3.32. The molecule has 1 aliphatic rings. The molecule has 1 aliphatic heterocycles. The minimum atomic E-state index is 0.507. The summed E-state index contributed by atoms with van der Waals surface area (Å²) >= 11 is 1.68. The first-order valence-electron chi connectivity index (χ1n) is 4.80. The van der Waals surface area contributed by atoms with Gasteiger partial charge in [0.25, 0.3) is 0 Å². The molecule has 0 aliphatic carbocycles. The van der Waals surface area contributed by atoms with Crippen LogP contribution in [0, 0.1) is 17.2 Å². The zero-order valence-electron chi connectivity index (χ0n) is 8.26. The Bertz CT molecular complexity index is 240. The molecule has 1 rings (SSSR count). The second kappa shape index (κ2) is 5.18. The van der Waals surface area contributed by atoms with Gasteiger partial charge in [-0.1, -0.05) is 20.3 Å². The molecule has 0 bridgehead atoms. The van der Waals surface area contributed by atoms with E-state index < -0.39 is 0 Å². The molecular formula is C10H16N2S. The van der Waals surface area contributed by atoms with E-state index in [0.717, 1.165) is 23.6 Å². The molecule has 2 nitrogen and oxygen atoms in total. The molecule has 72 valence electrons. The first-order chi connectivity index (χ1) is 6.29. The third kappa shape index (κ3) is 2.67. The van der Waals surface area contributed by atoms with E-state index in [2.05, 4.69) is 25.2 Å². The number of hydrogen-bond acceptors (Lipinski definition) is 3. The zero-order valence-corrected chi connectivity index (χ0v) is 9.08. The lowest BCUT2D eigenvalue weighted by Crippen LogP contribution is -2.26. The van der Waals surface area contributed by atoms with Crippen LogP contribution in [0.4, 0.5) is 0 Å². The summed E-state index contributed by atoms with van der Waals surface area (Å²) < 4.78 is 0. The summed E-state index contributed by atoms with van der Waals surface area (Å²) in [7, 11) is 0. The standard InChI is InChI=1S/C10H16N2S/c1-3-4-8(2)10-9(7-11)13-6-5-12-10/h8,12H,3-6H2,1-2H3. The predicted molar refractivity (Wildman–Crippen MR) is 57.2 cm³/mol. The maximum absolute atomic E-state index is 8.91. The summed E-state index contributed by atoms with van der Waals surface area (Å²) in [6, 6.07) is 2.27. The van der Waals surface area contributed by atoms with Crippen LogP contribution in [0.5, 0.6) is 0 Å². The molecule has 0 aromatic heterocycles. The molecule has 0 radical (unpaired) electrons. The summed E-state index contributed by atoms with van der Waals surface area (Å²) in [5, 5.41) is 12.3. The van der Waals surface area contributed by atoms with E-state index in [9.17, 15) is 0 Å². The minimum absolute atomic E-state index is 0.507. The number of nitrogens with one attached hydrogen (secondary N) is 1. The number of nitrogens with zero attached hydrogens (tertiary/aromatic N) is 1. The van der Waals surface area contributed by atoms with E-state index in [0.29, 0.717) is 5.92 Å². The van der Waals surface area contributed by atoms with Gasteiger partial charge in [-0.15, -0.1) is 11.8 Å². The third-order valence-electron chi connectivity index (χ3n) is 2.22. The molecule has 0 saturated carbocycles. The van der Waals surface area contributed by atoms with Crippen molar-refractivity contribution in [2.45, 2.75) is 26.7 Å². The molecule has 3 heteroatoms. The highest BCUT2D eigenvalue weighted by atomic mass is 32.2. The average molecular weight is 196 g/mol. The van der Waals surface area contributed by atoms with Crippen molar-refractivity contribution < 1.29 is 0 Å². The minimum Gasteiger partial charge on any atom is -0.386 e. The lowest BCUT2D eigenvalue weighted by Gasteiger charge is -2.22. The summed E-state index contributed by atoms with van der Waals surface area (Å²) in [5.41, 5.74) is 1.17. The van der Waals surface area contributed by atoms with Crippen molar-refractivity contribution in [1.82, 2.24) is 5.32 Å². The Hall–Kier alpha value is -0.620. The smallest absolute Gasteiger partial charge is 0.108 e. The molecule has 0 amide bonds. The Morgan fingerprint density at radius 3 is 3.08 bits per heavy atom. The van der Waals surface area contributed by atoms with Gasteiger partial charge >= 0.3 is 0 Å². The van der Waals surface area contributed by atoms with Crippen molar-refractivity contribution in [3.05, 3.63) is 10.6 Å². The van der Waals surface area contributed by atoms with Gasteiger partial charge < -0.3 is 5.32 Å². The molecule has 1 atom stereocenters. The van der Waals surface area contributed by atoms with Crippen molar-refractivity contribution in [2.24, 2.45) is 5.92 Å². The molecule has 1 unspecified atom stereocenters. The number of hydrogen-bond donors (Lipinski definition) is 1. The molecule has 0 fully saturated rings. The van der Waals surface area contributed by atoms with Crippen LogP contribution in [0.2, 0.25) is 0 Å². The highest BCUT2D eigenvalue weighted by Crippen LogP contribution is 2.27. The van der Waals surface area contributed by atoms with E-state index >= 15 is 0 Å². The van der Waals surface area contributed by atoms with Crippen molar-refractivity contribution in [1.29, 1.82) is 5.26 Å². The van der Waals surface area contributed by atoms with E-state index in [1.165, 1.54) is 12.1 Å². The summed E-state index contributed by atoms with van der Waals surface area (Å²) in [5.74, 6) is 1.53. The fraction of sp³-hybridized carbons (Fsp3) is 0.700. The van der Waals surface area contributed by atoms with Crippen LogP contribution in [0.25, 0.3) is 0 Å². The summed E-state index contributed by atoms with van der Waals surface area (Å²) in [6.45, 7) is 5.37. The Labute approximate surface area is 84.4 Å². The number of thioether (sulfide) groups is 1. The van der Waals surface area contributed by atoms with Gasteiger partial charge in [0.2, 0.25) is 0 Å². The van der Waals surface area contributed by atoms with Crippen LogP contribution in [0.15, 0.2) is 10.6 Å². The van der Waals surface area contributed by atoms with Crippen LogP contribution in [-0.4, -0.2) is 12.3 Å². The number of allylic oxidation sites excluding steroid dienone is 2. The maximum atomic E-state index is 8.91. The first-order valence-corrected chi connectivity index (χ1v) is 5.79. The Morgan fingerprint density at radius 2 is 2.46 bits per heavy atom. The second-order valence-corrected chi connectivity index (χ2v) is 4.42. The van der Waals surface area contributed by atoms with Crippen LogP contribution in [-0.2, 0) is 0 Å². The van der Waals surface area contributed by atoms with Crippen molar-refractivity contribution in [3.63, 3.8) is 0 Å². The van der Waals surface area contributed by atoms with Gasteiger partial charge in [-0.3, -0.25) is 0 Å². The molecule has 1 N–H and O–H groups in total. The molecule has 0 aromatic rings. The zero-order chi connectivity index (χ0) is 9.68. The predicted octanol–water partition coefficient (Wildman–Crippen LogP) is 2.49. The van der Waals surface area contributed by atoms with Crippen LogP contribution in [0.1, 0.15) is 26.7 Å². The maximum Gasteiger partial charge on any atom is 0.108 e. The molecule has 0 spiro atoms. The summed E-state index contributed by atoms with van der Waals surface area (Å²) in [4.78, 5) is 0.896.